The zero-order chi connectivity index (χ0) is 11.0. The van der Waals surface area contributed by atoms with Crippen LogP contribution in [-0.2, 0) is 0 Å². The van der Waals surface area contributed by atoms with Crippen molar-refractivity contribution in [2.24, 2.45) is 0 Å². The highest BCUT2D eigenvalue weighted by Crippen LogP contribution is 2.25. The standard InChI is InChI=1S/C9H8BrClN4/c1-5-9(12)13-14-15(5)6-2-3-7(10)8(11)4-6/h2-4H,12H2,1H3. The van der Waals surface area contributed by atoms with E-state index in [0.29, 0.717) is 10.8 Å². The van der Waals surface area contributed by atoms with Crippen LogP contribution in [0.1, 0.15) is 5.69 Å². The molecule has 15 heavy (non-hydrogen) atoms. The Labute approximate surface area is 100 Å². The fourth-order valence-corrected chi connectivity index (χ4v) is 1.62. The molecule has 0 fully saturated rings. The normalized spacial score (nSPS) is 10.6. The molecule has 0 saturated heterocycles. The van der Waals surface area contributed by atoms with Gasteiger partial charge in [-0.15, -0.1) is 5.10 Å². The Morgan fingerprint density at radius 2 is 2.20 bits per heavy atom. The average molecular weight is 288 g/mol. The minimum atomic E-state index is 0.425. The SMILES string of the molecule is Cc1c(N)nnn1-c1ccc(Br)c(Cl)c1. The quantitative estimate of drug-likeness (QED) is 0.877. The van der Waals surface area contributed by atoms with Crippen LogP contribution in [0.3, 0.4) is 0 Å². The minimum absolute atomic E-state index is 0.425. The predicted molar refractivity (Wildman–Crippen MR) is 63.2 cm³/mol. The summed E-state index contributed by atoms with van der Waals surface area (Å²) in [4.78, 5) is 0. The number of nitrogens with two attached hydrogens (primary N) is 1. The first-order valence-electron chi connectivity index (χ1n) is 4.23. The molecule has 78 valence electrons. The van der Waals surface area contributed by atoms with Crippen LogP contribution in [0, 0.1) is 6.92 Å². The number of benzene rings is 1. The summed E-state index contributed by atoms with van der Waals surface area (Å²) in [6.07, 6.45) is 0. The fourth-order valence-electron chi connectivity index (χ4n) is 1.20. The maximum Gasteiger partial charge on any atom is 0.169 e. The Hall–Kier alpha value is -1.07. The number of anilines is 1. The number of rotatable bonds is 1. The highest BCUT2D eigenvalue weighted by atomic mass is 79.9. The summed E-state index contributed by atoms with van der Waals surface area (Å²) in [7, 11) is 0. The Morgan fingerprint density at radius 3 is 2.73 bits per heavy atom. The van der Waals surface area contributed by atoms with Crippen molar-refractivity contribution in [2.75, 3.05) is 5.73 Å². The highest BCUT2D eigenvalue weighted by Gasteiger charge is 2.08. The zero-order valence-corrected chi connectivity index (χ0v) is 10.2. The second-order valence-electron chi connectivity index (χ2n) is 3.07. The lowest BCUT2D eigenvalue weighted by atomic mass is 10.3. The van der Waals surface area contributed by atoms with Crippen molar-refractivity contribution < 1.29 is 0 Å². The van der Waals surface area contributed by atoms with Crippen molar-refractivity contribution >= 4 is 33.3 Å². The van der Waals surface area contributed by atoms with Crippen LogP contribution in [0.5, 0.6) is 0 Å². The molecule has 0 aliphatic rings. The zero-order valence-electron chi connectivity index (χ0n) is 7.91. The van der Waals surface area contributed by atoms with Gasteiger partial charge in [0.1, 0.15) is 0 Å². The van der Waals surface area contributed by atoms with E-state index in [2.05, 4.69) is 26.2 Å². The molecule has 1 heterocycles. The lowest BCUT2D eigenvalue weighted by molar-refractivity contribution is 0.785. The number of nitrogens with zero attached hydrogens (tertiary/aromatic N) is 3. The van der Waals surface area contributed by atoms with E-state index in [0.717, 1.165) is 15.9 Å². The Morgan fingerprint density at radius 1 is 1.47 bits per heavy atom. The summed E-state index contributed by atoms with van der Waals surface area (Å²) in [5.41, 5.74) is 7.25. The van der Waals surface area contributed by atoms with Crippen LogP contribution < -0.4 is 5.73 Å². The van der Waals surface area contributed by atoms with E-state index >= 15 is 0 Å². The van der Waals surface area contributed by atoms with Crippen molar-refractivity contribution in [2.45, 2.75) is 6.92 Å². The van der Waals surface area contributed by atoms with Crippen LogP contribution in [0.25, 0.3) is 5.69 Å². The van der Waals surface area contributed by atoms with Gasteiger partial charge in [-0.05, 0) is 41.1 Å². The Bertz CT molecular complexity index is 509. The van der Waals surface area contributed by atoms with Gasteiger partial charge in [0.05, 0.1) is 16.4 Å². The molecule has 1 aromatic carbocycles. The van der Waals surface area contributed by atoms with Gasteiger partial charge in [-0.25, -0.2) is 4.68 Å². The lowest BCUT2D eigenvalue weighted by Crippen LogP contribution is -1.99. The summed E-state index contributed by atoms with van der Waals surface area (Å²) >= 11 is 9.31. The average Bonchev–Trinajstić information content (AvgIpc) is 2.53. The van der Waals surface area contributed by atoms with Crippen LogP contribution >= 0.6 is 27.5 Å². The van der Waals surface area contributed by atoms with Gasteiger partial charge in [-0.1, -0.05) is 16.8 Å². The fraction of sp³-hybridized carbons (Fsp3) is 0.111. The molecule has 2 N–H and O–H groups in total. The summed E-state index contributed by atoms with van der Waals surface area (Å²) in [5.74, 6) is 0.425. The largest absolute Gasteiger partial charge is 0.381 e. The van der Waals surface area contributed by atoms with E-state index < -0.39 is 0 Å². The molecule has 0 atom stereocenters. The van der Waals surface area contributed by atoms with E-state index in [9.17, 15) is 0 Å². The monoisotopic (exact) mass is 286 g/mol. The third-order valence-corrected chi connectivity index (χ3v) is 3.31. The second-order valence-corrected chi connectivity index (χ2v) is 4.33. The van der Waals surface area contributed by atoms with Gasteiger partial charge in [0.15, 0.2) is 5.82 Å². The van der Waals surface area contributed by atoms with Gasteiger partial charge in [-0.3, -0.25) is 0 Å². The van der Waals surface area contributed by atoms with Crippen molar-refractivity contribution in [1.29, 1.82) is 0 Å². The van der Waals surface area contributed by atoms with E-state index in [1.165, 1.54) is 0 Å². The molecular weight excluding hydrogens is 279 g/mol. The van der Waals surface area contributed by atoms with Gasteiger partial charge in [0.25, 0.3) is 0 Å². The minimum Gasteiger partial charge on any atom is -0.381 e. The number of aromatic nitrogens is 3. The van der Waals surface area contributed by atoms with Crippen molar-refractivity contribution in [1.82, 2.24) is 15.0 Å². The van der Waals surface area contributed by atoms with Crippen LogP contribution in [0.4, 0.5) is 5.82 Å². The van der Waals surface area contributed by atoms with Gasteiger partial charge < -0.3 is 5.73 Å². The molecular formula is C9H8BrClN4. The molecule has 1 aromatic heterocycles. The molecule has 0 bridgehead atoms. The highest BCUT2D eigenvalue weighted by molar-refractivity contribution is 9.10. The summed E-state index contributed by atoms with van der Waals surface area (Å²) < 4.78 is 2.49. The predicted octanol–water partition coefficient (Wildman–Crippen LogP) is 2.57. The van der Waals surface area contributed by atoms with Gasteiger partial charge >= 0.3 is 0 Å². The number of halogens is 2. The molecule has 0 spiro atoms. The maximum atomic E-state index is 5.98. The third-order valence-electron chi connectivity index (χ3n) is 2.08. The summed E-state index contributed by atoms with van der Waals surface area (Å²) in [5, 5.41) is 8.33. The van der Waals surface area contributed by atoms with Crippen molar-refractivity contribution in [3.05, 3.63) is 33.4 Å². The van der Waals surface area contributed by atoms with E-state index in [4.69, 9.17) is 17.3 Å². The lowest BCUT2D eigenvalue weighted by Gasteiger charge is -2.04. The molecule has 0 aliphatic carbocycles. The topological polar surface area (TPSA) is 56.7 Å². The molecule has 0 unspecified atom stereocenters. The van der Waals surface area contributed by atoms with Crippen molar-refractivity contribution in [3.63, 3.8) is 0 Å². The molecule has 6 heteroatoms. The molecule has 2 rings (SSSR count). The van der Waals surface area contributed by atoms with E-state index in [1.54, 1.807) is 10.7 Å². The third kappa shape index (κ3) is 1.85. The molecule has 4 nitrogen and oxygen atoms in total. The van der Waals surface area contributed by atoms with Crippen LogP contribution in [0.15, 0.2) is 22.7 Å². The van der Waals surface area contributed by atoms with Gasteiger partial charge in [-0.2, -0.15) is 0 Å². The molecule has 0 radical (unpaired) electrons. The molecule has 0 aliphatic heterocycles. The molecule has 0 saturated carbocycles. The smallest absolute Gasteiger partial charge is 0.169 e. The maximum absolute atomic E-state index is 5.98. The number of hydrogen-bond acceptors (Lipinski definition) is 3. The van der Waals surface area contributed by atoms with E-state index in [-0.39, 0.29) is 0 Å². The number of hydrogen-bond donors (Lipinski definition) is 1. The summed E-state index contributed by atoms with van der Waals surface area (Å²) in [6.45, 7) is 1.85. The first-order valence-corrected chi connectivity index (χ1v) is 5.40. The molecule has 0 amide bonds. The Balaban J connectivity index is 2.55. The van der Waals surface area contributed by atoms with Crippen LogP contribution in [0.2, 0.25) is 5.02 Å². The van der Waals surface area contributed by atoms with E-state index in [1.807, 2.05) is 19.1 Å². The first-order chi connectivity index (χ1) is 7.09. The first kappa shape index (κ1) is 10.4. The van der Waals surface area contributed by atoms with Gasteiger partial charge in [0.2, 0.25) is 0 Å². The molecule has 2 aromatic rings. The summed E-state index contributed by atoms with van der Waals surface area (Å²) in [6, 6.07) is 5.54. The van der Waals surface area contributed by atoms with Crippen LogP contribution in [-0.4, -0.2) is 15.0 Å². The Kier molecular flexibility index (Phi) is 2.67. The second kappa shape index (κ2) is 3.83. The van der Waals surface area contributed by atoms with Crippen molar-refractivity contribution in [3.8, 4) is 5.69 Å². The number of nitrogen functional groups attached to an aromatic ring is 1. The van der Waals surface area contributed by atoms with Gasteiger partial charge in [0, 0.05) is 4.47 Å².